The Morgan fingerprint density at radius 1 is 1.22 bits per heavy atom. The highest BCUT2D eigenvalue weighted by atomic mass is 16.6. The molecule has 4 heteroatoms. The first kappa shape index (κ1) is 17.2. The smallest absolute Gasteiger partial charge is 0.407 e. The third-order valence-electron chi connectivity index (χ3n) is 2.48. The zero-order valence-corrected chi connectivity index (χ0v) is 13.0. The van der Waals surface area contributed by atoms with E-state index in [1.165, 1.54) is 0 Å². The Hall–Kier alpha value is -0.770. The van der Waals surface area contributed by atoms with Gasteiger partial charge in [0.15, 0.2) is 0 Å². The fraction of sp³-hybridized carbons (Fsp3) is 0.929. The summed E-state index contributed by atoms with van der Waals surface area (Å²) in [5, 5.41) is 6.28. The van der Waals surface area contributed by atoms with Crippen LogP contribution in [0.3, 0.4) is 0 Å². The van der Waals surface area contributed by atoms with Gasteiger partial charge in [-0.2, -0.15) is 0 Å². The van der Waals surface area contributed by atoms with E-state index in [1.54, 1.807) is 0 Å². The van der Waals surface area contributed by atoms with Crippen molar-refractivity contribution in [1.82, 2.24) is 10.6 Å². The SMILES string of the molecule is CCNC(C)(CNC(=O)OC(C)(C)C)CC(C)C. The summed E-state index contributed by atoms with van der Waals surface area (Å²) >= 11 is 0. The van der Waals surface area contributed by atoms with Gasteiger partial charge in [-0.1, -0.05) is 20.8 Å². The van der Waals surface area contributed by atoms with Crippen LogP contribution in [-0.2, 0) is 4.74 Å². The highest BCUT2D eigenvalue weighted by Crippen LogP contribution is 2.16. The Labute approximate surface area is 112 Å². The Bertz CT molecular complexity index is 259. The second kappa shape index (κ2) is 6.98. The molecule has 0 radical (unpaired) electrons. The topological polar surface area (TPSA) is 50.4 Å². The minimum atomic E-state index is -0.448. The third kappa shape index (κ3) is 8.34. The van der Waals surface area contributed by atoms with Crippen molar-refractivity contribution < 1.29 is 9.53 Å². The lowest BCUT2D eigenvalue weighted by Crippen LogP contribution is -2.52. The van der Waals surface area contributed by atoms with Gasteiger partial charge in [0.05, 0.1) is 0 Å². The lowest BCUT2D eigenvalue weighted by atomic mass is 9.90. The van der Waals surface area contributed by atoms with E-state index in [1.807, 2.05) is 20.8 Å². The van der Waals surface area contributed by atoms with Crippen LogP contribution in [0.1, 0.15) is 54.9 Å². The average Bonchev–Trinajstić information content (AvgIpc) is 2.11. The van der Waals surface area contributed by atoms with Crippen LogP contribution < -0.4 is 10.6 Å². The standard InChI is InChI=1S/C14H30N2O2/c1-8-16-14(7,9-11(2)3)10-15-12(17)18-13(4,5)6/h11,16H,8-10H2,1-7H3,(H,15,17). The largest absolute Gasteiger partial charge is 0.444 e. The van der Waals surface area contributed by atoms with Gasteiger partial charge in [0.25, 0.3) is 0 Å². The minimum absolute atomic E-state index is 0.0835. The molecule has 18 heavy (non-hydrogen) atoms. The summed E-state index contributed by atoms with van der Waals surface area (Å²) in [6, 6.07) is 0. The number of nitrogens with one attached hydrogen (secondary N) is 2. The van der Waals surface area contributed by atoms with Crippen LogP contribution in [0.15, 0.2) is 0 Å². The number of likely N-dealkylation sites (N-methyl/N-ethyl adjacent to an activating group) is 1. The summed E-state index contributed by atoms with van der Waals surface area (Å²) in [6.45, 7) is 15.6. The summed E-state index contributed by atoms with van der Waals surface area (Å²) in [4.78, 5) is 11.6. The van der Waals surface area contributed by atoms with Crippen molar-refractivity contribution in [1.29, 1.82) is 0 Å². The number of carbonyl (C=O) groups excluding carboxylic acids is 1. The maximum atomic E-state index is 11.6. The molecule has 0 saturated heterocycles. The Kier molecular flexibility index (Phi) is 6.68. The molecule has 0 aliphatic carbocycles. The molecular weight excluding hydrogens is 228 g/mol. The minimum Gasteiger partial charge on any atom is -0.444 e. The quantitative estimate of drug-likeness (QED) is 0.770. The van der Waals surface area contributed by atoms with Gasteiger partial charge in [-0.3, -0.25) is 0 Å². The molecule has 108 valence electrons. The number of hydrogen-bond acceptors (Lipinski definition) is 3. The van der Waals surface area contributed by atoms with Gasteiger partial charge in [0.2, 0.25) is 0 Å². The first-order chi connectivity index (χ1) is 8.08. The number of amides is 1. The summed E-state index contributed by atoms with van der Waals surface area (Å²) in [6.07, 6.45) is 0.659. The molecule has 0 aromatic carbocycles. The van der Waals surface area contributed by atoms with Gasteiger partial charge in [0, 0.05) is 12.1 Å². The molecule has 0 bridgehead atoms. The van der Waals surface area contributed by atoms with Crippen molar-refractivity contribution in [3.63, 3.8) is 0 Å². The Balaban J connectivity index is 4.30. The van der Waals surface area contributed by atoms with Crippen molar-refractivity contribution in [3.8, 4) is 0 Å². The van der Waals surface area contributed by atoms with E-state index in [9.17, 15) is 4.79 Å². The molecule has 0 aromatic rings. The van der Waals surface area contributed by atoms with Crippen molar-refractivity contribution in [2.75, 3.05) is 13.1 Å². The predicted molar refractivity (Wildman–Crippen MR) is 75.8 cm³/mol. The second-order valence-electron chi connectivity index (χ2n) is 6.54. The molecule has 0 aromatic heterocycles. The maximum Gasteiger partial charge on any atom is 0.407 e. The molecule has 0 aliphatic rings. The van der Waals surface area contributed by atoms with Gasteiger partial charge in [-0.25, -0.2) is 4.79 Å². The first-order valence-corrected chi connectivity index (χ1v) is 6.80. The van der Waals surface area contributed by atoms with E-state index < -0.39 is 5.60 Å². The van der Waals surface area contributed by atoms with Crippen LogP contribution in [0.2, 0.25) is 0 Å². The maximum absolute atomic E-state index is 11.6. The van der Waals surface area contributed by atoms with E-state index in [0.29, 0.717) is 12.5 Å². The molecule has 0 fully saturated rings. The van der Waals surface area contributed by atoms with Crippen molar-refractivity contribution in [2.24, 2.45) is 5.92 Å². The zero-order chi connectivity index (χ0) is 14.4. The molecular formula is C14H30N2O2. The first-order valence-electron chi connectivity index (χ1n) is 6.80. The van der Waals surface area contributed by atoms with E-state index >= 15 is 0 Å². The van der Waals surface area contributed by atoms with Crippen molar-refractivity contribution >= 4 is 6.09 Å². The molecule has 1 unspecified atom stereocenters. The van der Waals surface area contributed by atoms with Crippen molar-refractivity contribution in [3.05, 3.63) is 0 Å². The van der Waals surface area contributed by atoms with E-state index in [4.69, 9.17) is 4.74 Å². The van der Waals surface area contributed by atoms with E-state index in [0.717, 1.165) is 13.0 Å². The molecule has 1 amide bonds. The lowest BCUT2D eigenvalue weighted by molar-refractivity contribution is 0.0508. The highest BCUT2D eigenvalue weighted by molar-refractivity contribution is 5.67. The van der Waals surface area contributed by atoms with Crippen LogP contribution in [0, 0.1) is 5.92 Å². The van der Waals surface area contributed by atoms with Crippen molar-refractivity contribution in [2.45, 2.75) is 66.0 Å². The van der Waals surface area contributed by atoms with Gasteiger partial charge < -0.3 is 15.4 Å². The second-order valence-corrected chi connectivity index (χ2v) is 6.54. The van der Waals surface area contributed by atoms with Crippen LogP contribution >= 0.6 is 0 Å². The van der Waals surface area contributed by atoms with E-state index in [2.05, 4.69) is 38.3 Å². The van der Waals surface area contributed by atoms with Crippen LogP contribution in [0.4, 0.5) is 4.79 Å². The fourth-order valence-electron chi connectivity index (χ4n) is 2.12. The van der Waals surface area contributed by atoms with Gasteiger partial charge in [0.1, 0.15) is 5.60 Å². The van der Waals surface area contributed by atoms with E-state index in [-0.39, 0.29) is 11.6 Å². The Morgan fingerprint density at radius 2 is 1.78 bits per heavy atom. The summed E-state index contributed by atoms with van der Waals surface area (Å²) in [5.41, 5.74) is -0.531. The van der Waals surface area contributed by atoms with Crippen LogP contribution in [-0.4, -0.2) is 30.3 Å². The fourth-order valence-corrected chi connectivity index (χ4v) is 2.12. The predicted octanol–water partition coefficient (Wildman–Crippen LogP) is 2.93. The molecule has 0 rings (SSSR count). The zero-order valence-electron chi connectivity index (χ0n) is 13.0. The number of ether oxygens (including phenoxy) is 1. The molecule has 0 spiro atoms. The number of carbonyl (C=O) groups is 1. The van der Waals surface area contributed by atoms with Crippen LogP contribution in [0.5, 0.6) is 0 Å². The lowest BCUT2D eigenvalue weighted by Gasteiger charge is -2.33. The summed E-state index contributed by atoms with van der Waals surface area (Å²) in [7, 11) is 0. The molecule has 0 saturated carbocycles. The Morgan fingerprint density at radius 3 is 2.17 bits per heavy atom. The highest BCUT2D eigenvalue weighted by Gasteiger charge is 2.26. The van der Waals surface area contributed by atoms with Gasteiger partial charge in [-0.05, 0) is 46.6 Å². The number of alkyl carbamates (subject to hydrolysis) is 1. The number of hydrogen-bond donors (Lipinski definition) is 2. The van der Waals surface area contributed by atoms with Gasteiger partial charge in [-0.15, -0.1) is 0 Å². The van der Waals surface area contributed by atoms with Crippen LogP contribution in [0.25, 0.3) is 0 Å². The molecule has 4 nitrogen and oxygen atoms in total. The normalized spacial score (nSPS) is 15.3. The monoisotopic (exact) mass is 258 g/mol. The molecule has 2 N–H and O–H groups in total. The molecule has 0 heterocycles. The number of rotatable bonds is 6. The summed E-state index contributed by atoms with van der Waals surface area (Å²) < 4.78 is 5.24. The molecule has 0 aliphatic heterocycles. The summed E-state index contributed by atoms with van der Waals surface area (Å²) in [5.74, 6) is 0.578. The molecule has 1 atom stereocenters. The third-order valence-corrected chi connectivity index (χ3v) is 2.48. The van der Waals surface area contributed by atoms with Gasteiger partial charge >= 0.3 is 6.09 Å². The average molecular weight is 258 g/mol.